The minimum atomic E-state index is -5.77. The molecule has 104 heavy (non-hydrogen) atoms. The summed E-state index contributed by atoms with van der Waals surface area (Å²) < 4.78 is 441. The van der Waals surface area contributed by atoms with Crippen LogP contribution in [0.1, 0.15) is 61.2 Å². The number of nitrogens with zero attached hydrogens (tertiary/aromatic N) is 3. The molecular formula is C71H29F30N3. The summed E-state index contributed by atoms with van der Waals surface area (Å²) in [6, 6.07) is 13.7. The summed E-state index contributed by atoms with van der Waals surface area (Å²) in [4.78, 5) is 0. The lowest BCUT2D eigenvalue weighted by molar-refractivity contribution is -0.144. The van der Waals surface area contributed by atoms with E-state index in [0.717, 1.165) is 94.1 Å². The number of aromatic nitrogens is 2. The van der Waals surface area contributed by atoms with Gasteiger partial charge in [0, 0.05) is 27.1 Å². The molecule has 0 aliphatic heterocycles. The predicted molar refractivity (Wildman–Crippen MR) is 317 cm³/mol. The molecule has 0 unspecified atom stereocenters. The maximum atomic E-state index is 15.3. The molecule has 0 amide bonds. The Bertz CT molecular complexity index is 4940. The van der Waals surface area contributed by atoms with Crippen LogP contribution in [0.3, 0.4) is 0 Å². The van der Waals surface area contributed by atoms with Crippen molar-refractivity contribution < 1.29 is 132 Å². The molecule has 0 aliphatic carbocycles. The summed E-state index contributed by atoms with van der Waals surface area (Å²) in [5, 5.41) is 8.82. The SMILES string of the molecule is N#Cc1cc(-n2c3ccc(-c4ccc(C(F)(F)F)cc4C(F)(F)F)cc3c3cc(-c4ccc(C(F)(F)F)cc4C(F)(F)F)ccc32)c(-c2cc(C(F)(F)F)cc(C(F)(F)F)c2)c(-n2c3ccc(-c4ccc(C(F)(F)F)cc4C(F)(F)F)cc3c3cc(-c4ccc(C(F)(F)F)cc4C(F)(F)F)ccc32)c1. The van der Waals surface area contributed by atoms with E-state index in [9.17, 15) is 111 Å². The number of hydrogen-bond acceptors (Lipinski definition) is 1. The third kappa shape index (κ3) is 13.4. The summed E-state index contributed by atoms with van der Waals surface area (Å²) in [7, 11) is 0. The quantitative estimate of drug-likeness (QED) is 0.146. The van der Waals surface area contributed by atoms with Crippen LogP contribution < -0.4 is 0 Å². The van der Waals surface area contributed by atoms with Crippen LogP contribution in [0.2, 0.25) is 0 Å². The molecule has 2 heterocycles. The molecule has 0 saturated heterocycles. The molecule has 12 rings (SSSR count). The Kier molecular flexibility index (Phi) is 16.9. The summed E-state index contributed by atoms with van der Waals surface area (Å²) in [5.41, 5.74) is -33.1. The van der Waals surface area contributed by atoms with Crippen molar-refractivity contribution in [3.63, 3.8) is 0 Å². The Balaban J connectivity index is 1.26. The first-order valence-corrected chi connectivity index (χ1v) is 29.0. The van der Waals surface area contributed by atoms with Crippen molar-refractivity contribution in [3.8, 4) is 73.1 Å². The number of hydrogen-bond donors (Lipinski definition) is 0. The highest BCUT2D eigenvalue weighted by Gasteiger charge is 2.45. The van der Waals surface area contributed by atoms with Gasteiger partial charge in [-0.25, -0.2) is 0 Å². The molecule has 0 aliphatic rings. The van der Waals surface area contributed by atoms with E-state index < -0.39 is 234 Å². The summed E-state index contributed by atoms with van der Waals surface area (Å²) in [6.45, 7) is 0. The first-order chi connectivity index (χ1) is 47.8. The first-order valence-electron chi connectivity index (χ1n) is 29.0. The smallest absolute Gasteiger partial charge is 0.308 e. The summed E-state index contributed by atoms with van der Waals surface area (Å²) in [5.74, 6) is 0. The van der Waals surface area contributed by atoms with Gasteiger partial charge in [-0.15, -0.1) is 0 Å². The fourth-order valence-electron chi connectivity index (χ4n) is 12.5. The van der Waals surface area contributed by atoms with Gasteiger partial charge in [-0.3, -0.25) is 0 Å². The van der Waals surface area contributed by atoms with E-state index in [2.05, 4.69) is 0 Å². The van der Waals surface area contributed by atoms with Crippen LogP contribution in [0.4, 0.5) is 132 Å². The molecule has 0 atom stereocenters. The highest BCUT2D eigenvalue weighted by Crippen LogP contribution is 2.52. The van der Waals surface area contributed by atoms with Crippen molar-refractivity contribution in [2.45, 2.75) is 61.8 Å². The van der Waals surface area contributed by atoms with Crippen molar-refractivity contribution in [2.75, 3.05) is 0 Å². The van der Waals surface area contributed by atoms with Gasteiger partial charge in [0.05, 0.1) is 101 Å². The average Bonchev–Trinajstić information content (AvgIpc) is 1.54. The van der Waals surface area contributed by atoms with Gasteiger partial charge in [0.25, 0.3) is 0 Å². The second-order valence-corrected chi connectivity index (χ2v) is 23.4. The minimum absolute atomic E-state index is 0.0941. The number of alkyl halides is 30. The number of fused-ring (bicyclic) bond motifs is 6. The zero-order valence-electron chi connectivity index (χ0n) is 50.4. The van der Waals surface area contributed by atoms with Crippen LogP contribution in [0.15, 0.2) is 176 Å². The van der Waals surface area contributed by atoms with Crippen LogP contribution in [-0.4, -0.2) is 9.13 Å². The highest BCUT2D eigenvalue weighted by atomic mass is 19.4. The van der Waals surface area contributed by atoms with Gasteiger partial charge in [-0.2, -0.15) is 137 Å². The van der Waals surface area contributed by atoms with Gasteiger partial charge >= 0.3 is 61.8 Å². The monoisotopic (exact) mass is 1490 g/mol. The maximum Gasteiger partial charge on any atom is 0.417 e. The topological polar surface area (TPSA) is 33.6 Å². The van der Waals surface area contributed by atoms with Gasteiger partial charge < -0.3 is 9.13 Å². The second-order valence-electron chi connectivity index (χ2n) is 23.4. The Morgan fingerprint density at radius 1 is 0.221 bits per heavy atom. The van der Waals surface area contributed by atoms with Gasteiger partial charge in [0.2, 0.25) is 0 Å². The van der Waals surface area contributed by atoms with Crippen LogP contribution in [0.25, 0.3) is 111 Å². The van der Waals surface area contributed by atoms with Crippen molar-refractivity contribution in [2.24, 2.45) is 0 Å². The molecule has 0 bridgehead atoms. The molecular weight excluding hydrogens is 1460 g/mol. The van der Waals surface area contributed by atoms with Crippen molar-refractivity contribution in [1.29, 1.82) is 5.26 Å². The zero-order chi connectivity index (χ0) is 76.3. The van der Waals surface area contributed by atoms with E-state index >= 15 is 26.3 Å². The van der Waals surface area contributed by atoms with Gasteiger partial charge in [0.1, 0.15) is 0 Å². The first kappa shape index (κ1) is 73.0. The normalized spacial score (nSPS) is 13.5. The third-order valence-electron chi connectivity index (χ3n) is 17.0. The van der Waals surface area contributed by atoms with Gasteiger partial charge in [-0.05, 0) is 177 Å². The van der Waals surface area contributed by atoms with Crippen LogP contribution in [0.5, 0.6) is 0 Å². The van der Waals surface area contributed by atoms with Gasteiger partial charge in [-0.1, -0.05) is 48.5 Å². The molecule has 0 N–H and O–H groups in total. The molecule has 538 valence electrons. The molecule has 0 spiro atoms. The molecule has 3 nitrogen and oxygen atoms in total. The van der Waals surface area contributed by atoms with Crippen LogP contribution >= 0.6 is 0 Å². The van der Waals surface area contributed by atoms with E-state index in [1.807, 2.05) is 0 Å². The predicted octanol–water partition coefficient (Wildman–Crippen LogP) is 26.3. The van der Waals surface area contributed by atoms with Crippen molar-refractivity contribution in [3.05, 3.63) is 237 Å². The maximum absolute atomic E-state index is 15.3. The minimum Gasteiger partial charge on any atom is -0.308 e. The molecule has 10 aromatic carbocycles. The Morgan fingerprint density at radius 3 is 0.654 bits per heavy atom. The zero-order valence-corrected chi connectivity index (χ0v) is 50.4. The van der Waals surface area contributed by atoms with E-state index in [4.69, 9.17) is 0 Å². The third-order valence-corrected chi connectivity index (χ3v) is 17.0. The average molecular weight is 1490 g/mol. The fourth-order valence-corrected chi connectivity index (χ4v) is 12.5. The molecule has 0 saturated carbocycles. The molecule has 12 aromatic rings. The van der Waals surface area contributed by atoms with E-state index in [1.54, 1.807) is 6.07 Å². The highest BCUT2D eigenvalue weighted by molar-refractivity contribution is 6.15. The van der Waals surface area contributed by atoms with Gasteiger partial charge in [0.15, 0.2) is 0 Å². The number of rotatable bonds is 7. The second kappa shape index (κ2) is 24.1. The standard InChI is InChI=1S/C71H29F30N3/c72-62(73,74)37-5-9-43(51(26-37)68(90,91)92)32-1-13-55-47(21-32)48-22-33(44-10-6-38(63(75,76)77)27-52(44)69(93,94)95)2-14-56(48)103(55)59-17-31(30-102)18-60(61(59)36-19-41(66(84,85)86)25-42(20-36)67(87,88)89)104-57-15-3-34(45-11-7-39(64(78,79)80)28-53(45)70(96,97)98)23-49(57)50-24-35(4-16-58(50)104)46-12-8-40(65(81,82)83)29-54(46)71(99,100)101/h1-29H. The number of benzene rings is 10. The molecule has 0 radical (unpaired) electrons. The fraction of sp³-hybridized carbons (Fsp3) is 0.141. The summed E-state index contributed by atoms with van der Waals surface area (Å²) in [6.07, 6.45) is -55.8. The summed E-state index contributed by atoms with van der Waals surface area (Å²) >= 11 is 0. The van der Waals surface area contributed by atoms with E-state index in [-0.39, 0.29) is 66.7 Å². The Hall–Kier alpha value is -10.8. The lowest BCUT2D eigenvalue weighted by atomic mass is 9.94. The number of nitriles is 1. The number of halogens is 30. The molecule has 33 heteroatoms. The Labute approximate surface area is 560 Å². The van der Waals surface area contributed by atoms with E-state index in [0.29, 0.717) is 24.3 Å². The molecule has 2 aromatic heterocycles. The van der Waals surface area contributed by atoms with Crippen LogP contribution in [0, 0.1) is 11.3 Å². The Morgan fingerprint density at radius 2 is 0.452 bits per heavy atom. The molecule has 0 fully saturated rings. The lowest BCUT2D eigenvalue weighted by Crippen LogP contribution is -2.12. The largest absolute Gasteiger partial charge is 0.417 e. The van der Waals surface area contributed by atoms with Crippen molar-refractivity contribution in [1.82, 2.24) is 9.13 Å². The van der Waals surface area contributed by atoms with E-state index in [1.165, 1.54) is 0 Å². The van der Waals surface area contributed by atoms with Crippen molar-refractivity contribution >= 4 is 43.6 Å². The van der Waals surface area contributed by atoms with Crippen LogP contribution in [-0.2, 0) is 61.8 Å². The lowest BCUT2D eigenvalue weighted by Gasteiger charge is -2.23.